The molecule has 1 aromatic heterocycles. The van der Waals surface area contributed by atoms with E-state index in [1.54, 1.807) is 12.1 Å². The van der Waals surface area contributed by atoms with E-state index >= 15 is 0 Å². The third-order valence-electron chi connectivity index (χ3n) is 3.32. The van der Waals surface area contributed by atoms with Crippen molar-refractivity contribution in [2.24, 2.45) is 0 Å². The highest BCUT2D eigenvalue weighted by molar-refractivity contribution is 6.01. The minimum Gasteiger partial charge on any atom is -0.480 e. The maximum Gasteiger partial charge on any atom is 0.325 e. The largest absolute Gasteiger partial charge is 0.480 e. The van der Waals surface area contributed by atoms with Gasteiger partial charge in [0.1, 0.15) is 19.4 Å². The molecule has 0 fully saturated rings. The number of nitrogens with zero attached hydrogens (tertiary/aromatic N) is 4. The molecule has 3 rings (SSSR count). The van der Waals surface area contributed by atoms with Gasteiger partial charge in [0.2, 0.25) is 11.9 Å². The number of benzene rings is 1. The molecule has 1 aliphatic heterocycles. The second kappa shape index (κ2) is 5.87. The SMILES string of the molecule is O=C(O)Cn1cnc(NC(=O)CN2Cc3ccccc3C2=O)n1. The molecule has 9 nitrogen and oxygen atoms in total. The summed E-state index contributed by atoms with van der Waals surface area (Å²) in [6.45, 7) is -0.0902. The molecule has 2 heterocycles. The highest BCUT2D eigenvalue weighted by Gasteiger charge is 2.28. The lowest BCUT2D eigenvalue weighted by molar-refractivity contribution is -0.137. The van der Waals surface area contributed by atoms with E-state index in [-0.39, 0.29) is 24.9 Å². The van der Waals surface area contributed by atoms with Crippen LogP contribution >= 0.6 is 0 Å². The van der Waals surface area contributed by atoms with E-state index in [1.807, 2.05) is 12.1 Å². The second-order valence-electron chi connectivity index (χ2n) is 5.03. The minimum absolute atomic E-state index is 0.000380. The number of carbonyl (C=O) groups is 3. The van der Waals surface area contributed by atoms with E-state index in [2.05, 4.69) is 15.4 Å². The number of fused-ring (bicyclic) bond motifs is 1. The number of carboxylic acids is 1. The number of carboxylic acid groups (broad SMARTS) is 1. The van der Waals surface area contributed by atoms with Crippen molar-refractivity contribution in [1.82, 2.24) is 19.7 Å². The monoisotopic (exact) mass is 315 g/mol. The molecule has 2 N–H and O–H groups in total. The van der Waals surface area contributed by atoms with Crippen LogP contribution < -0.4 is 5.32 Å². The third-order valence-corrected chi connectivity index (χ3v) is 3.32. The number of aromatic nitrogens is 3. The van der Waals surface area contributed by atoms with E-state index in [9.17, 15) is 14.4 Å². The van der Waals surface area contributed by atoms with E-state index in [4.69, 9.17) is 5.11 Å². The maximum absolute atomic E-state index is 12.2. The lowest BCUT2D eigenvalue weighted by atomic mass is 10.1. The Hall–Kier alpha value is -3.23. The fourth-order valence-corrected chi connectivity index (χ4v) is 2.35. The van der Waals surface area contributed by atoms with Crippen LogP contribution in [-0.4, -0.2) is 49.1 Å². The van der Waals surface area contributed by atoms with E-state index in [0.29, 0.717) is 12.1 Å². The smallest absolute Gasteiger partial charge is 0.325 e. The van der Waals surface area contributed by atoms with Gasteiger partial charge in [-0.3, -0.25) is 19.7 Å². The normalized spacial score (nSPS) is 13.0. The van der Waals surface area contributed by atoms with Crippen LogP contribution in [0, 0.1) is 0 Å². The summed E-state index contributed by atoms with van der Waals surface area (Å²) in [6.07, 6.45) is 1.21. The zero-order valence-corrected chi connectivity index (χ0v) is 12.0. The molecule has 1 aliphatic rings. The van der Waals surface area contributed by atoms with Crippen LogP contribution in [0.25, 0.3) is 0 Å². The van der Waals surface area contributed by atoms with Crippen LogP contribution in [0.2, 0.25) is 0 Å². The molecule has 0 radical (unpaired) electrons. The maximum atomic E-state index is 12.2. The number of hydrogen-bond donors (Lipinski definition) is 2. The summed E-state index contributed by atoms with van der Waals surface area (Å²) in [5.74, 6) is -1.70. The Morgan fingerprint density at radius 3 is 2.78 bits per heavy atom. The van der Waals surface area contributed by atoms with Crippen LogP contribution in [0.15, 0.2) is 30.6 Å². The summed E-state index contributed by atoms with van der Waals surface area (Å²) in [5, 5.41) is 14.9. The number of nitrogens with one attached hydrogen (secondary N) is 1. The topological polar surface area (TPSA) is 117 Å². The standard InChI is InChI=1S/C14H13N5O4/c20-11(16-14-15-8-19(17-14)7-12(21)22)6-18-5-9-3-1-2-4-10(9)13(18)23/h1-4,8H,5-7H2,(H,21,22)(H,16,17,20). The van der Waals surface area contributed by atoms with Crippen LogP contribution in [0.5, 0.6) is 0 Å². The van der Waals surface area contributed by atoms with E-state index in [0.717, 1.165) is 10.2 Å². The van der Waals surface area contributed by atoms with Gasteiger partial charge in [0.25, 0.3) is 5.91 Å². The van der Waals surface area contributed by atoms with Gasteiger partial charge in [0.05, 0.1) is 0 Å². The Balaban J connectivity index is 1.59. The molecule has 2 amide bonds. The number of amides is 2. The van der Waals surface area contributed by atoms with Gasteiger partial charge in [-0.05, 0) is 11.6 Å². The molecule has 0 bridgehead atoms. The predicted octanol–water partition coefficient (Wildman–Crippen LogP) is -0.0428. The van der Waals surface area contributed by atoms with Crippen molar-refractivity contribution in [2.45, 2.75) is 13.1 Å². The average molecular weight is 315 g/mol. The summed E-state index contributed by atoms with van der Waals surface area (Å²) in [5.41, 5.74) is 1.48. The van der Waals surface area contributed by atoms with Gasteiger partial charge >= 0.3 is 5.97 Å². The summed E-state index contributed by atoms with van der Waals surface area (Å²) in [7, 11) is 0. The Bertz CT molecular complexity index is 785. The molecule has 0 unspecified atom stereocenters. The molecule has 0 spiro atoms. The number of rotatable bonds is 5. The van der Waals surface area contributed by atoms with Crippen LogP contribution in [0.3, 0.4) is 0 Å². The van der Waals surface area contributed by atoms with Gasteiger partial charge in [-0.25, -0.2) is 9.67 Å². The Morgan fingerprint density at radius 2 is 2.04 bits per heavy atom. The van der Waals surface area contributed by atoms with E-state index in [1.165, 1.54) is 11.2 Å². The van der Waals surface area contributed by atoms with Crippen LogP contribution in [-0.2, 0) is 22.7 Å². The lowest BCUT2D eigenvalue weighted by Gasteiger charge is -2.14. The van der Waals surface area contributed by atoms with Crippen molar-refractivity contribution in [3.8, 4) is 0 Å². The molecule has 23 heavy (non-hydrogen) atoms. The van der Waals surface area contributed by atoms with Gasteiger partial charge in [0.15, 0.2) is 0 Å². The predicted molar refractivity (Wildman–Crippen MR) is 77.5 cm³/mol. The molecule has 2 aromatic rings. The Labute approximate surface area is 130 Å². The van der Waals surface area contributed by atoms with Crippen molar-refractivity contribution in [1.29, 1.82) is 0 Å². The summed E-state index contributed by atoms with van der Waals surface area (Å²) in [4.78, 5) is 39.9. The lowest BCUT2D eigenvalue weighted by Crippen LogP contribution is -2.33. The van der Waals surface area contributed by atoms with Crippen LogP contribution in [0.4, 0.5) is 5.95 Å². The first-order chi connectivity index (χ1) is 11.0. The summed E-state index contributed by atoms with van der Waals surface area (Å²) in [6, 6.07) is 7.19. The summed E-state index contributed by atoms with van der Waals surface area (Å²) < 4.78 is 1.09. The molecule has 0 aliphatic carbocycles. The van der Waals surface area contributed by atoms with Gasteiger partial charge in [0, 0.05) is 12.1 Å². The van der Waals surface area contributed by atoms with Crippen molar-refractivity contribution in [3.63, 3.8) is 0 Å². The summed E-state index contributed by atoms with van der Waals surface area (Å²) >= 11 is 0. The molecular formula is C14H13N5O4. The van der Waals surface area contributed by atoms with Gasteiger partial charge in [-0.1, -0.05) is 18.2 Å². The highest BCUT2D eigenvalue weighted by Crippen LogP contribution is 2.21. The molecular weight excluding hydrogens is 302 g/mol. The van der Waals surface area contributed by atoms with Gasteiger partial charge < -0.3 is 10.0 Å². The quantitative estimate of drug-likeness (QED) is 0.799. The van der Waals surface area contributed by atoms with Gasteiger partial charge in [-0.15, -0.1) is 5.10 Å². The number of anilines is 1. The molecule has 0 atom stereocenters. The Kier molecular flexibility index (Phi) is 3.75. The van der Waals surface area contributed by atoms with E-state index < -0.39 is 11.9 Å². The molecule has 0 saturated carbocycles. The first-order valence-electron chi connectivity index (χ1n) is 6.81. The first kappa shape index (κ1) is 14.7. The minimum atomic E-state index is -1.06. The fourth-order valence-electron chi connectivity index (χ4n) is 2.35. The van der Waals surface area contributed by atoms with Crippen molar-refractivity contribution in [2.75, 3.05) is 11.9 Å². The third kappa shape index (κ3) is 3.18. The zero-order chi connectivity index (χ0) is 16.4. The molecule has 1 aromatic carbocycles. The number of carbonyl (C=O) groups excluding carboxylic acids is 2. The number of hydrogen-bond acceptors (Lipinski definition) is 5. The molecule has 0 saturated heterocycles. The van der Waals surface area contributed by atoms with Crippen molar-refractivity contribution >= 4 is 23.7 Å². The van der Waals surface area contributed by atoms with Gasteiger partial charge in [-0.2, -0.15) is 0 Å². The van der Waals surface area contributed by atoms with Crippen molar-refractivity contribution in [3.05, 3.63) is 41.7 Å². The van der Waals surface area contributed by atoms with Crippen LogP contribution in [0.1, 0.15) is 15.9 Å². The number of aliphatic carboxylic acids is 1. The molecule has 9 heteroatoms. The fraction of sp³-hybridized carbons (Fsp3) is 0.214. The highest BCUT2D eigenvalue weighted by atomic mass is 16.4. The first-order valence-corrected chi connectivity index (χ1v) is 6.81. The second-order valence-corrected chi connectivity index (χ2v) is 5.03. The average Bonchev–Trinajstić information content (AvgIpc) is 3.04. The Morgan fingerprint density at radius 1 is 1.26 bits per heavy atom. The molecule has 118 valence electrons. The zero-order valence-electron chi connectivity index (χ0n) is 12.0. The van der Waals surface area contributed by atoms with Crippen molar-refractivity contribution < 1.29 is 19.5 Å².